The number of nitrogens with zero attached hydrogens (tertiary/aromatic N) is 3. The number of ketones is 1. The fourth-order valence-electron chi connectivity index (χ4n) is 4.57. The first-order valence-corrected chi connectivity index (χ1v) is 11.8. The van der Waals surface area contributed by atoms with Crippen molar-refractivity contribution in [2.24, 2.45) is 5.92 Å². The van der Waals surface area contributed by atoms with E-state index in [1.807, 2.05) is 48.7 Å². The SMILES string of the molecule is CNC(=O)c1ccc(-c2cn3c(n2)sc2cc(C(=O)C[C@@H]4CCCN(C)C4)ccc23)cc1. The van der Waals surface area contributed by atoms with Crippen molar-refractivity contribution in [1.29, 1.82) is 0 Å². The van der Waals surface area contributed by atoms with E-state index in [2.05, 4.69) is 21.7 Å². The van der Waals surface area contributed by atoms with Crippen LogP contribution >= 0.6 is 11.3 Å². The number of aromatic nitrogens is 2. The van der Waals surface area contributed by atoms with Crippen LogP contribution in [0.1, 0.15) is 40.0 Å². The van der Waals surface area contributed by atoms with Gasteiger partial charge in [0.25, 0.3) is 5.91 Å². The zero-order valence-electron chi connectivity index (χ0n) is 18.3. The Morgan fingerprint density at radius 2 is 1.94 bits per heavy atom. The number of amides is 1. The van der Waals surface area contributed by atoms with Crippen LogP contribution in [0.5, 0.6) is 0 Å². The van der Waals surface area contributed by atoms with E-state index < -0.39 is 0 Å². The Morgan fingerprint density at radius 3 is 2.69 bits per heavy atom. The van der Waals surface area contributed by atoms with Crippen molar-refractivity contribution in [1.82, 2.24) is 19.6 Å². The molecule has 0 unspecified atom stereocenters. The molecular weight excluding hydrogens is 420 g/mol. The summed E-state index contributed by atoms with van der Waals surface area (Å²) in [6.45, 7) is 2.14. The van der Waals surface area contributed by atoms with Gasteiger partial charge >= 0.3 is 0 Å². The first kappa shape index (κ1) is 20.8. The number of carbonyl (C=O) groups excluding carboxylic acids is 2. The van der Waals surface area contributed by atoms with Gasteiger partial charge in [0.15, 0.2) is 10.7 Å². The van der Waals surface area contributed by atoms with Crippen molar-refractivity contribution in [3.8, 4) is 11.3 Å². The number of rotatable bonds is 5. The van der Waals surface area contributed by atoms with Gasteiger partial charge in [-0.25, -0.2) is 4.98 Å². The van der Waals surface area contributed by atoms with E-state index in [4.69, 9.17) is 4.98 Å². The molecule has 1 N–H and O–H groups in total. The molecule has 3 heterocycles. The molecular formula is C25H26N4O2S. The number of piperidine rings is 1. The van der Waals surface area contributed by atoms with E-state index in [-0.39, 0.29) is 11.7 Å². The highest BCUT2D eigenvalue weighted by molar-refractivity contribution is 7.23. The van der Waals surface area contributed by atoms with Crippen LogP contribution in [0.3, 0.4) is 0 Å². The highest BCUT2D eigenvalue weighted by atomic mass is 32.1. The molecule has 4 aromatic rings. The van der Waals surface area contributed by atoms with Crippen LogP contribution in [0.4, 0.5) is 0 Å². The van der Waals surface area contributed by atoms with Crippen LogP contribution < -0.4 is 5.32 Å². The Hall–Kier alpha value is -3.03. The zero-order valence-corrected chi connectivity index (χ0v) is 19.1. The van der Waals surface area contributed by atoms with Crippen LogP contribution in [-0.4, -0.2) is 53.2 Å². The first-order chi connectivity index (χ1) is 15.5. The molecule has 0 bridgehead atoms. The summed E-state index contributed by atoms with van der Waals surface area (Å²) in [5.74, 6) is 0.583. The summed E-state index contributed by atoms with van der Waals surface area (Å²) in [6, 6.07) is 13.4. The van der Waals surface area contributed by atoms with Gasteiger partial charge in [0.2, 0.25) is 0 Å². The molecule has 0 aliphatic carbocycles. The Labute approximate surface area is 190 Å². The second-order valence-corrected chi connectivity index (χ2v) is 9.63. The molecule has 0 saturated carbocycles. The lowest BCUT2D eigenvalue weighted by Gasteiger charge is -2.29. The first-order valence-electron chi connectivity index (χ1n) is 11.0. The van der Waals surface area contributed by atoms with Crippen molar-refractivity contribution in [3.05, 3.63) is 59.8 Å². The number of imidazole rings is 1. The van der Waals surface area contributed by atoms with E-state index in [0.29, 0.717) is 17.9 Å². The average molecular weight is 447 g/mol. The number of hydrogen-bond donors (Lipinski definition) is 1. The number of carbonyl (C=O) groups is 2. The van der Waals surface area contributed by atoms with Crippen LogP contribution in [0.25, 0.3) is 26.4 Å². The Bertz CT molecular complexity index is 1300. The summed E-state index contributed by atoms with van der Waals surface area (Å²) in [6.07, 6.45) is 4.95. The lowest BCUT2D eigenvalue weighted by molar-refractivity contribution is 0.0928. The van der Waals surface area contributed by atoms with Gasteiger partial charge in [-0.15, -0.1) is 0 Å². The maximum Gasteiger partial charge on any atom is 0.251 e. The largest absolute Gasteiger partial charge is 0.355 e. The summed E-state index contributed by atoms with van der Waals surface area (Å²) < 4.78 is 3.15. The smallest absolute Gasteiger partial charge is 0.251 e. The van der Waals surface area contributed by atoms with Crippen molar-refractivity contribution in [2.75, 3.05) is 27.2 Å². The average Bonchev–Trinajstić information content (AvgIpc) is 3.36. The third-order valence-corrected chi connectivity index (χ3v) is 7.30. The van der Waals surface area contributed by atoms with Crippen molar-refractivity contribution < 1.29 is 9.59 Å². The molecule has 0 spiro atoms. The summed E-state index contributed by atoms with van der Waals surface area (Å²) in [5, 5.41) is 2.63. The Balaban J connectivity index is 1.38. The predicted octanol–water partition coefficient (Wildman–Crippen LogP) is 4.49. The van der Waals surface area contributed by atoms with Gasteiger partial charge in [-0.3, -0.25) is 14.0 Å². The van der Waals surface area contributed by atoms with Gasteiger partial charge in [-0.2, -0.15) is 0 Å². The standard InChI is InChI=1S/C25H26N4O2S/c1-26-24(31)18-7-5-17(6-8-18)20-15-29-21-10-9-19(13-23(21)32-25(29)27-20)22(30)12-16-4-3-11-28(2)14-16/h5-10,13,15-16H,3-4,11-12,14H2,1-2H3,(H,26,31)/t16-/m0/s1. The highest BCUT2D eigenvalue weighted by Crippen LogP contribution is 2.31. The maximum atomic E-state index is 12.9. The second-order valence-electron chi connectivity index (χ2n) is 8.62. The van der Waals surface area contributed by atoms with Gasteiger partial charge in [0.1, 0.15) is 0 Å². The van der Waals surface area contributed by atoms with E-state index in [9.17, 15) is 9.59 Å². The normalized spacial score (nSPS) is 17.1. The van der Waals surface area contributed by atoms with Gasteiger partial charge in [0, 0.05) is 42.9 Å². The summed E-state index contributed by atoms with van der Waals surface area (Å²) in [4.78, 5) is 32.6. The molecule has 164 valence electrons. The molecule has 7 heteroatoms. The van der Waals surface area contributed by atoms with Crippen LogP contribution in [0.2, 0.25) is 0 Å². The quantitative estimate of drug-likeness (QED) is 0.459. The Kier molecular flexibility index (Phi) is 5.53. The van der Waals surface area contributed by atoms with Crippen molar-refractivity contribution in [3.63, 3.8) is 0 Å². The summed E-state index contributed by atoms with van der Waals surface area (Å²) in [7, 11) is 3.76. The maximum absolute atomic E-state index is 12.9. The van der Waals surface area contributed by atoms with E-state index in [0.717, 1.165) is 51.5 Å². The molecule has 1 aliphatic rings. The minimum Gasteiger partial charge on any atom is -0.355 e. The third-order valence-electron chi connectivity index (χ3n) is 6.28. The number of nitrogens with one attached hydrogen (secondary N) is 1. The fraction of sp³-hybridized carbons (Fsp3) is 0.320. The van der Waals surface area contributed by atoms with Crippen LogP contribution in [-0.2, 0) is 0 Å². The molecule has 2 aromatic carbocycles. The monoisotopic (exact) mass is 446 g/mol. The lowest BCUT2D eigenvalue weighted by atomic mass is 9.91. The summed E-state index contributed by atoms with van der Waals surface area (Å²) in [5.41, 5.74) is 4.30. The summed E-state index contributed by atoms with van der Waals surface area (Å²) >= 11 is 1.59. The molecule has 2 aromatic heterocycles. The van der Waals surface area contributed by atoms with Gasteiger partial charge in [0.05, 0.1) is 15.9 Å². The number of fused-ring (bicyclic) bond motifs is 3. The molecule has 6 nitrogen and oxygen atoms in total. The second kappa shape index (κ2) is 8.48. The molecule has 32 heavy (non-hydrogen) atoms. The van der Waals surface area contributed by atoms with Crippen molar-refractivity contribution in [2.45, 2.75) is 19.3 Å². The molecule has 1 saturated heterocycles. The molecule has 5 rings (SSSR count). The van der Waals surface area contributed by atoms with E-state index in [1.54, 1.807) is 18.4 Å². The number of hydrogen-bond acceptors (Lipinski definition) is 5. The number of benzene rings is 2. The zero-order chi connectivity index (χ0) is 22.2. The van der Waals surface area contributed by atoms with Crippen LogP contribution in [0.15, 0.2) is 48.7 Å². The fourth-order valence-corrected chi connectivity index (χ4v) is 5.62. The molecule has 0 radical (unpaired) electrons. The highest BCUT2D eigenvalue weighted by Gasteiger charge is 2.21. The van der Waals surface area contributed by atoms with E-state index in [1.165, 1.54) is 6.42 Å². The van der Waals surface area contributed by atoms with Gasteiger partial charge < -0.3 is 10.2 Å². The minimum absolute atomic E-state index is 0.103. The Morgan fingerprint density at radius 1 is 1.16 bits per heavy atom. The number of likely N-dealkylation sites (tertiary alicyclic amines) is 1. The molecule has 1 aliphatic heterocycles. The molecule has 1 atom stereocenters. The predicted molar refractivity (Wildman–Crippen MR) is 129 cm³/mol. The third kappa shape index (κ3) is 3.94. The van der Waals surface area contributed by atoms with Crippen LogP contribution in [0, 0.1) is 5.92 Å². The number of Topliss-reactive ketones (excluding diaryl/α,β-unsaturated/α-hetero) is 1. The van der Waals surface area contributed by atoms with E-state index >= 15 is 0 Å². The molecule has 1 amide bonds. The number of thiazole rings is 1. The lowest BCUT2D eigenvalue weighted by Crippen LogP contribution is -2.33. The minimum atomic E-state index is -0.103. The molecule has 1 fully saturated rings. The van der Waals surface area contributed by atoms with Crippen molar-refractivity contribution >= 4 is 38.2 Å². The van der Waals surface area contributed by atoms with Gasteiger partial charge in [-0.05, 0) is 62.7 Å². The topological polar surface area (TPSA) is 66.7 Å². The van der Waals surface area contributed by atoms with Gasteiger partial charge in [-0.1, -0.05) is 23.5 Å².